The predicted octanol–water partition coefficient (Wildman–Crippen LogP) is 2.26. The lowest BCUT2D eigenvalue weighted by molar-refractivity contribution is 0.600. The Hall–Kier alpha value is -2.08. The van der Waals surface area contributed by atoms with E-state index in [0.717, 1.165) is 0 Å². The summed E-state index contributed by atoms with van der Waals surface area (Å²) in [5, 5.41) is 0. The Morgan fingerprint density at radius 3 is 2.45 bits per heavy atom. The summed E-state index contributed by atoms with van der Waals surface area (Å²) in [5.41, 5.74) is 1.16. The van der Waals surface area contributed by atoms with Gasteiger partial charge in [0.1, 0.15) is 0 Å². The van der Waals surface area contributed by atoms with E-state index in [2.05, 4.69) is 9.71 Å². The molecule has 0 aliphatic heterocycles. The Kier molecular flexibility index (Phi) is 3.94. The van der Waals surface area contributed by atoms with Crippen LogP contribution < -0.4 is 9.62 Å². The molecule has 0 atom stereocenters. The van der Waals surface area contributed by atoms with Crippen LogP contribution in [0.15, 0.2) is 47.5 Å². The van der Waals surface area contributed by atoms with E-state index in [1.165, 1.54) is 0 Å². The van der Waals surface area contributed by atoms with E-state index in [1.54, 1.807) is 48.4 Å². The number of nitrogens with one attached hydrogen (secondary N) is 1. The number of hydrogen-bond acceptors (Lipinski definition) is 4. The number of aromatic nitrogens is 1. The number of hydrogen-bond donors (Lipinski definition) is 1. The second-order valence-electron chi connectivity index (χ2n) is 4.64. The third-order valence-electron chi connectivity index (χ3n) is 2.84. The molecule has 0 aliphatic carbocycles. The highest BCUT2D eigenvalue weighted by Gasteiger charge is 2.18. The Balaban J connectivity index is 2.42. The Labute approximate surface area is 119 Å². The number of aryl methyl sites for hydroxylation is 1. The van der Waals surface area contributed by atoms with Gasteiger partial charge in [-0.15, -0.1) is 0 Å². The molecule has 106 valence electrons. The quantitative estimate of drug-likeness (QED) is 0.938. The third kappa shape index (κ3) is 2.91. The zero-order valence-electron chi connectivity index (χ0n) is 11.7. The first-order valence-electron chi connectivity index (χ1n) is 6.12. The van der Waals surface area contributed by atoms with Gasteiger partial charge < -0.3 is 4.90 Å². The maximum absolute atomic E-state index is 12.4. The second kappa shape index (κ2) is 5.50. The molecule has 20 heavy (non-hydrogen) atoms. The van der Waals surface area contributed by atoms with E-state index in [4.69, 9.17) is 0 Å². The summed E-state index contributed by atoms with van der Waals surface area (Å²) in [6, 6.07) is 10.3. The molecule has 0 amide bonds. The van der Waals surface area contributed by atoms with Crippen LogP contribution in [0.5, 0.6) is 0 Å². The normalized spacial score (nSPS) is 11.2. The standard InChI is InChI=1S/C14H17N3O2S/c1-11-7-4-5-9-13(11)20(18,19)16-12-8-6-10-15-14(12)17(2)3/h4-10,16H,1-3H3. The van der Waals surface area contributed by atoms with Gasteiger partial charge in [0.05, 0.1) is 10.6 Å². The fourth-order valence-electron chi connectivity index (χ4n) is 1.89. The van der Waals surface area contributed by atoms with Crippen molar-refractivity contribution in [2.45, 2.75) is 11.8 Å². The van der Waals surface area contributed by atoms with E-state index in [0.29, 0.717) is 17.1 Å². The van der Waals surface area contributed by atoms with Crippen molar-refractivity contribution in [2.24, 2.45) is 0 Å². The van der Waals surface area contributed by atoms with Gasteiger partial charge >= 0.3 is 0 Å². The Morgan fingerprint density at radius 1 is 1.10 bits per heavy atom. The summed E-state index contributed by atoms with van der Waals surface area (Å²) in [4.78, 5) is 6.21. The molecule has 0 bridgehead atoms. The van der Waals surface area contributed by atoms with Crippen LogP contribution in [0.1, 0.15) is 5.56 Å². The molecule has 2 rings (SSSR count). The first-order chi connectivity index (χ1) is 9.42. The molecule has 0 saturated carbocycles. The van der Waals surface area contributed by atoms with E-state index < -0.39 is 10.0 Å². The molecule has 5 nitrogen and oxygen atoms in total. The zero-order valence-corrected chi connectivity index (χ0v) is 12.5. The van der Waals surface area contributed by atoms with Crippen LogP contribution in [0.3, 0.4) is 0 Å². The summed E-state index contributed by atoms with van der Waals surface area (Å²) in [6.45, 7) is 1.77. The van der Waals surface area contributed by atoms with Gasteiger partial charge in [-0.3, -0.25) is 4.72 Å². The Morgan fingerprint density at radius 2 is 1.80 bits per heavy atom. The SMILES string of the molecule is Cc1ccccc1S(=O)(=O)Nc1cccnc1N(C)C. The number of benzene rings is 1. The molecular weight excluding hydrogens is 274 g/mol. The van der Waals surface area contributed by atoms with Gasteiger partial charge in [0, 0.05) is 20.3 Å². The maximum atomic E-state index is 12.4. The molecule has 0 unspecified atom stereocenters. The van der Waals surface area contributed by atoms with Gasteiger partial charge in [-0.05, 0) is 30.7 Å². The molecule has 2 aromatic rings. The van der Waals surface area contributed by atoms with E-state index in [1.807, 2.05) is 20.2 Å². The highest BCUT2D eigenvalue weighted by molar-refractivity contribution is 7.92. The van der Waals surface area contributed by atoms with Crippen LogP contribution >= 0.6 is 0 Å². The number of anilines is 2. The predicted molar refractivity (Wildman–Crippen MR) is 80.6 cm³/mol. The second-order valence-corrected chi connectivity index (χ2v) is 6.29. The third-order valence-corrected chi connectivity index (χ3v) is 4.36. The van der Waals surface area contributed by atoms with Gasteiger partial charge in [0.15, 0.2) is 5.82 Å². The van der Waals surface area contributed by atoms with Crippen molar-refractivity contribution in [1.29, 1.82) is 0 Å². The lowest BCUT2D eigenvalue weighted by atomic mass is 10.2. The number of rotatable bonds is 4. The average Bonchev–Trinajstić information content (AvgIpc) is 2.39. The van der Waals surface area contributed by atoms with Crippen LogP contribution in [-0.4, -0.2) is 27.5 Å². The first kappa shape index (κ1) is 14.3. The van der Waals surface area contributed by atoms with Crippen LogP contribution in [-0.2, 0) is 10.0 Å². The summed E-state index contributed by atoms with van der Waals surface area (Å²) < 4.78 is 27.5. The minimum atomic E-state index is -3.62. The van der Waals surface area contributed by atoms with Crippen molar-refractivity contribution in [3.63, 3.8) is 0 Å². The minimum Gasteiger partial charge on any atom is -0.361 e. The van der Waals surface area contributed by atoms with Crippen molar-refractivity contribution in [3.05, 3.63) is 48.2 Å². The monoisotopic (exact) mass is 291 g/mol. The van der Waals surface area contributed by atoms with E-state index in [-0.39, 0.29) is 4.90 Å². The summed E-state index contributed by atoms with van der Waals surface area (Å²) in [5.74, 6) is 0.574. The highest BCUT2D eigenvalue weighted by atomic mass is 32.2. The fraction of sp³-hybridized carbons (Fsp3) is 0.214. The smallest absolute Gasteiger partial charge is 0.262 e. The Bertz CT molecular complexity index is 712. The maximum Gasteiger partial charge on any atom is 0.262 e. The average molecular weight is 291 g/mol. The van der Waals surface area contributed by atoms with Crippen molar-refractivity contribution in [1.82, 2.24) is 4.98 Å². The molecule has 0 spiro atoms. The van der Waals surface area contributed by atoms with Crippen LogP contribution in [0, 0.1) is 6.92 Å². The molecule has 1 heterocycles. The lowest BCUT2D eigenvalue weighted by Crippen LogP contribution is -2.18. The number of nitrogens with zero attached hydrogens (tertiary/aromatic N) is 2. The highest BCUT2D eigenvalue weighted by Crippen LogP contribution is 2.25. The van der Waals surface area contributed by atoms with Crippen molar-refractivity contribution < 1.29 is 8.42 Å². The molecule has 1 aromatic heterocycles. The van der Waals surface area contributed by atoms with Crippen molar-refractivity contribution in [2.75, 3.05) is 23.7 Å². The minimum absolute atomic E-state index is 0.272. The van der Waals surface area contributed by atoms with Crippen LogP contribution in [0.4, 0.5) is 11.5 Å². The molecule has 1 N–H and O–H groups in total. The van der Waals surface area contributed by atoms with Gasteiger partial charge in [0.25, 0.3) is 10.0 Å². The van der Waals surface area contributed by atoms with Crippen molar-refractivity contribution >= 4 is 21.5 Å². The van der Waals surface area contributed by atoms with E-state index >= 15 is 0 Å². The zero-order chi connectivity index (χ0) is 14.8. The fourth-order valence-corrected chi connectivity index (χ4v) is 3.20. The van der Waals surface area contributed by atoms with Gasteiger partial charge in [-0.2, -0.15) is 0 Å². The van der Waals surface area contributed by atoms with Crippen molar-refractivity contribution in [3.8, 4) is 0 Å². The molecule has 0 saturated heterocycles. The molecule has 0 radical (unpaired) electrons. The molecular formula is C14H17N3O2S. The van der Waals surface area contributed by atoms with E-state index in [9.17, 15) is 8.42 Å². The molecule has 0 fully saturated rings. The first-order valence-corrected chi connectivity index (χ1v) is 7.61. The summed E-state index contributed by atoms with van der Waals surface area (Å²) in [6.07, 6.45) is 1.63. The number of sulfonamides is 1. The lowest BCUT2D eigenvalue weighted by Gasteiger charge is -2.17. The molecule has 1 aromatic carbocycles. The summed E-state index contributed by atoms with van der Waals surface area (Å²) >= 11 is 0. The largest absolute Gasteiger partial charge is 0.361 e. The van der Waals surface area contributed by atoms with Gasteiger partial charge in [-0.25, -0.2) is 13.4 Å². The summed E-state index contributed by atoms with van der Waals surface area (Å²) in [7, 11) is 0.0101. The number of pyridine rings is 1. The van der Waals surface area contributed by atoms with Crippen LogP contribution in [0.25, 0.3) is 0 Å². The topological polar surface area (TPSA) is 62.3 Å². The van der Waals surface area contributed by atoms with Gasteiger partial charge in [0.2, 0.25) is 0 Å². The van der Waals surface area contributed by atoms with Crippen LogP contribution in [0.2, 0.25) is 0 Å². The van der Waals surface area contributed by atoms with Gasteiger partial charge in [-0.1, -0.05) is 18.2 Å². The molecule has 6 heteroatoms. The molecule has 0 aliphatic rings.